The Morgan fingerprint density at radius 1 is 1.44 bits per heavy atom. The molecule has 2 aromatic rings. The van der Waals surface area contributed by atoms with Gasteiger partial charge in [0.25, 0.3) is 0 Å². The number of hydrogen-bond donors (Lipinski definition) is 1. The van der Waals surface area contributed by atoms with Crippen LogP contribution in [0.3, 0.4) is 0 Å². The molecule has 1 aromatic heterocycles. The molecule has 0 spiro atoms. The van der Waals surface area contributed by atoms with Gasteiger partial charge in [0.2, 0.25) is 0 Å². The number of aromatic nitrogens is 3. The molecule has 2 amide bonds. The molecule has 1 aliphatic rings. The van der Waals surface area contributed by atoms with Crippen LogP contribution in [0.25, 0.3) is 0 Å². The quantitative estimate of drug-likeness (QED) is 0.800. The highest BCUT2D eigenvalue weighted by Gasteiger charge is 2.25. The third-order valence-electron chi connectivity index (χ3n) is 4.10. The monoisotopic (exact) mass is 427 g/mol. The van der Waals surface area contributed by atoms with Gasteiger partial charge in [-0.2, -0.15) is 5.10 Å². The first-order valence-electron chi connectivity index (χ1n) is 8.10. The summed E-state index contributed by atoms with van der Waals surface area (Å²) in [7, 11) is 0. The molecule has 3 rings (SSSR count). The van der Waals surface area contributed by atoms with Crippen molar-refractivity contribution < 1.29 is 9.53 Å². The first-order chi connectivity index (χ1) is 12.1. The summed E-state index contributed by atoms with van der Waals surface area (Å²) in [5.74, 6) is 0.581. The molecule has 134 valence electrons. The molecule has 25 heavy (non-hydrogen) atoms. The minimum Gasteiger partial charge on any atom is -0.491 e. The van der Waals surface area contributed by atoms with Crippen LogP contribution in [-0.4, -0.2) is 45.4 Å². The molecule has 0 radical (unpaired) electrons. The minimum absolute atomic E-state index is 0.160. The number of hydrogen-bond acceptors (Lipinski definition) is 4. The van der Waals surface area contributed by atoms with Gasteiger partial charge in [0.1, 0.15) is 12.7 Å². The number of ether oxygens (including phenoxy) is 1. The smallest absolute Gasteiger partial charge is 0.321 e. The van der Waals surface area contributed by atoms with Crippen molar-refractivity contribution in [3.63, 3.8) is 0 Å². The Morgan fingerprint density at radius 2 is 2.20 bits per heavy atom. The number of amides is 2. The zero-order chi connectivity index (χ0) is 17.8. The SMILES string of the molecule is CCOc1c(Br)cc(Cl)cc1NC(=O)N1CCC(n2cncn2)CC1. The summed E-state index contributed by atoms with van der Waals surface area (Å²) in [5.41, 5.74) is 0.560. The van der Waals surface area contributed by atoms with Crippen molar-refractivity contribution in [2.45, 2.75) is 25.8 Å². The Bertz CT molecular complexity index is 732. The van der Waals surface area contributed by atoms with Gasteiger partial charge in [0.05, 0.1) is 22.8 Å². The fourth-order valence-electron chi connectivity index (χ4n) is 2.88. The summed E-state index contributed by atoms with van der Waals surface area (Å²) in [6, 6.07) is 3.56. The average molecular weight is 429 g/mol. The van der Waals surface area contributed by atoms with E-state index in [1.807, 2.05) is 11.6 Å². The molecule has 1 saturated heterocycles. The topological polar surface area (TPSA) is 72.3 Å². The van der Waals surface area contributed by atoms with E-state index in [-0.39, 0.29) is 12.1 Å². The predicted octanol–water partition coefficient (Wildman–Crippen LogP) is 3.96. The van der Waals surface area contributed by atoms with Crippen LogP contribution in [0.1, 0.15) is 25.8 Å². The van der Waals surface area contributed by atoms with Crippen molar-refractivity contribution >= 4 is 39.2 Å². The number of likely N-dealkylation sites (tertiary alicyclic amines) is 1. The highest BCUT2D eigenvalue weighted by Crippen LogP contribution is 2.37. The van der Waals surface area contributed by atoms with Gasteiger partial charge in [-0.05, 0) is 47.8 Å². The first kappa shape index (κ1) is 18.0. The number of nitrogens with zero attached hydrogens (tertiary/aromatic N) is 4. The molecular formula is C16H19BrClN5O2. The highest BCUT2D eigenvalue weighted by molar-refractivity contribution is 9.10. The number of nitrogens with one attached hydrogen (secondary N) is 1. The lowest BCUT2D eigenvalue weighted by atomic mass is 10.1. The molecule has 1 fully saturated rings. The van der Waals surface area contributed by atoms with Gasteiger partial charge in [-0.25, -0.2) is 14.5 Å². The number of halogens is 2. The Morgan fingerprint density at radius 3 is 2.84 bits per heavy atom. The van der Waals surface area contributed by atoms with E-state index in [0.717, 1.165) is 12.8 Å². The van der Waals surface area contributed by atoms with Gasteiger partial charge in [-0.3, -0.25) is 0 Å². The van der Waals surface area contributed by atoms with Crippen molar-refractivity contribution in [1.29, 1.82) is 0 Å². The van der Waals surface area contributed by atoms with Gasteiger partial charge in [-0.15, -0.1) is 0 Å². The molecule has 0 atom stereocenters. The summed E-state index contributed by atoms with van der Waals surface area (Å²) in [5, 5.41) is 7.61. The summed E-state index contributed by atoms with van der Waals surface area (Å²) < 4.78 is 8.19. The van der Waals surface area contributed by atoms with E-state index in [0.29, 0.717) is 40.6 Å². The van der Waals surface area contributed by atoms with E-state index in [1.54, 1.807) is 23.4 Å². The Kier molecular flexibility index (Phi) is 5.80. The standard InChI is InChI=1S/C16H19BrClN5O2/c1-2-25-15-13(17)7-11(18)8-14(15)21-16(24)22-5-3-12(4-6-22)23-10-19-9-20-23/h7-10,12H,2-6H2,1H3,(H,21,24). The van der Waals surface area contributed by atoms with Crippen LogP contribution in [0.4, 0.5) is 10.5 Å². The van der Waals surface area contributed by atoms with Crippen molar-refractivity contribution in [3.05, 3.63) is 34.3 Å². The number of rotatable bonds is 4. The van der Waals surface area contributed by atoms with Gasteiger partial charge in [0.15, 0.2) is 5.75 Å². The molecule has 0 aliphatic carbocycles. The molecule has 2 heterocycles. The average Bonchev–Trinajstić information content (AvgIpc) is 3.12. The van der Waals surface area contributed by atoms with Crippen LogP contribution in [0.15, 0.2) is 29.3 Å². The Balaban J connectivity index is 1.65. The number of benzene rings is 1. The normalized spacial score (nSPS) is 15.2. The highest BCUT2D eigenvalue weighted by atomic mass is 79.9. The van der Waals surface area contributed by atoms with Crippen molar-refractivity contribution in [2.75, 3.05) is 25.0 Å². The molecule has 1 aromatic carbocycles. The molecule has 0 unspecified atom stereocenters. The lowest BCUT2D eigenvalue weighted by Gasteiger charge is -2.32. The van der Waals surface area contributed by atoms with Crippen LogP contribution >= 0.6 is 27.5 Å². The molecule has 0 bridgehead atoms. The summed E-state index contributed by atoms with van der Waals surface area (Å²) in [6.45, 7) is 3.69. The zero-order valence-corrected chi connectivity index (χ0v) is 16.1. The molecule has 0 saturated carbocycles. The van der Waals surface area contributed by atoms with Crippen molar-refractivity contribution in [1.82, 2.24) is 19.7 Å². The molecular weight excluding hydrogens is 410 g/mol. The maximum Gasteiger partial charge on any atom is 0.321 e. The predicted molar refractivity (Wildman–Crippen MR) is 99.2 cm³/mol. The summed E-state index contributed by atoms with van der Waals surface area (Å²) in [6.07, 6.45) is 4.94. The maximum atomic E-state index is 12.6. The molecule has 9 heteroatoms. The van der Waals surface area contributed by atoms with Crippen LogP contribution in [0, 0.1) is 0 Å². The number of anilines is 1. The van der Waals surface area contributed by atoms with Crippen LogP contribution in [0.5, 0.6) is 5.75 Å². The van der Waals surface area contributed by atoms with Crippen LogP contribution < -0.4 is 10.1 Å². The van der Waals surface area contributed by atoms with Gasteiger partial charge >= 0.3 is 6.03 Å². The zero-order valence-electron chi connectivity index (χ0n) is 13.8. The number of carbonyl (C=O) groups excluding carboxylic acids is 1. The summed E-state index contributed by atoms with van der Waals surface area (Å²) >= 11 is 9.53. The lowest BCUT2D eigenvalue weighted by Crippen LogP contribution is -2.41. The third-order valence-corrected chi connectivity index (χ3v) is 4.91. The van der Waals surface area contributed by atoms with Crippen molar-refractivity contribution in [3.8, 4) is 5.75 Å². The van der Waals surface area contributed by atoms with E-state index in [4.69, 9.17) is 16.3 Å². The van der Waals surface area contributed by atoms with E-state index in [9.17, 15) is 4.79 Å². The molecule has 7 nitrogen and oxygen atoms in total. The van der Waals surface area contributed by atoms with Gasteiger partial charge < -0.3 is 15.0 Å². The maximum absolute atomic E-state index is 12.6. The van der Waals surface area contributed by atoms with E-state index in [1.165, 1.54) is 6.33 Å². The van der Waals surface area contributed by atoms with Crippen LogP contribution in [-0.2, 0) is 0 Å². The van der Waals surface area contributed by atoms with E-state index in [2.05, 4.69) is 31.3 Å². The van der Waals surface area contributed by atoms with Crippen LogP contribution in [0.2, 0.25) is 5.02 Å². The number of urea groups is 1. The Hall–Kier alpha value is -1.80. The second-order valence-corrected chi connectivity index (χ2v) is 7.01. The second kappa shape index (κ2) is 8.05. The third kappa shape index (κ3) is 4.24. The number of carbonyl (C=O) groups is 1. The minimum atomic E-state index is -0.160. The fourth-order valence-corrected chi connectivity index (χ4v) is 3.80. The number of piperidine rings is 1. The Labute approximate surface area is 159 Å². The molecule has 1 aliphatic heterocycles. The molecule has 1 N–H and O–H groups in total. The fraction of sp³-hybridized carbons (Fsp3) is 0.438. The van der Waals surface area contributed by atoms with Gasteiger partial charge in [0, 0.05) is 18.1 Å². The second-order valence-electron chi connectivity index (χ2n) is 5.72. The van der Waals surface area contributed by atoms with E-state index < -0.39 is 0 Å². The largest absolute Gasteiger partial charge is 0.491 e. The lowest BCUT2D eigenvalue weighted by molar-refractivity contribution is 0.180. The van der Waals surface area contributed by atoms with E-state index >= 15 is 0 Å². The van der Waals surface area contributed by atoms with Crippen molar-refractivity contribution in [2.24, 2.45) is 0 Å². The first-order valence-corrected chi connectivity index (χ1v) is 9.27. The van der Waals surface area contributed by atoms with Gasteiger partial charge in [-0.1, -0.05) is 11.6 Å². The summed E-state index contributed by atoms with van der Waals surface area (Å²) in [4.78, 5) is 18.4.